The Morgan fingerprint density at radius 1 is 1.36 bits per heavy atom. The van der Waals surface area contributed by atoms with Crippen LogP contribution in [0.5, 0.6) is 0 Å². The van der Waals surface area contributed by atoms with Crippen molar-refractivity contribution in [1.29, 1.82) is 0 Å². The summed E-state index contributed by atoms with van der Waals surface area (Å²) in [5.41, 5.74) is 1.13. The maximum atomic E-state index is 12.2. The molecule has 0 radical (unpaired) electrons. The van der Waals surface area contributed by atoms with Crippen molar-refractivity contribution in [3.8, 4) is 0 Å². The van der Waals surface area contributed by atoms with Crippen LogP contribution in [0.3, 0.4) is 0 Å². The number of carbonyl (C=O) groups excluding carboxylic acids is 1. The Morgan fingerprint density at radius 3 is 3.05 bits per heavy atom. The average molecular weight is 303 g/mol. The number of piperidine rings is 2. The van der Waals surface area contributed by atoms with Crippen LogP contribution in [0.4, 0.5) is 0 Å². The van der Waals surface area contributed by atoms with Gasteiger partial charge in [0.1, 0.15) is 0 Å². The molecule has 2 saturated heterocycles. The van der Waals surface area contributed by atoms with Crippen molar-refractivity contribution < 1.29 is 9.53 Å². The maximum absolute atomic E-state index is 12.2. The van der Waals surface area contributed by atoms with E-state index in [1.165, 1.54) is 0 Å². The fraction of sp³-hybridized carbons (Fsp3) is 0.647. The number of likely N-dealkylation sites (tertiary alicyclic amines) is 2. The van der Waals surface area contributed by atoms with Gasteiger partial charge in [-0.2, -0.15) is 0 Å². The number of fused-ring (bicyclic) bond motifs is 1. The molecule has 120 valence electrons. The molecule has 22 heavy (non-hydrogen) atoms. The lowest BCUT2D eigenvalue weighted by atomic mass is 9.83. The predicted octanol–water partition coefficient (Wildman–Crippen LogP) is 1.54. The smallest absolute Gasteiger partial charge is 0.222 e. The first kappa shape index (κ1) is 15.4. The first-order valence-corrected chi connectivity index (χ1v) is 8.18. The largest absolute Gasteiger partial charge is 0.383 e. The van der Waals surface area contributed by atoms with Crippen LogP contribution in [0.2, 0.25) is 0 Å². The monoisotopic (exact) mass is 303 g/mol. The van der Waals surface area contributed by atoms with Gasteiger partial charge in [0, 0.05) is 51.9 Å². The summed E-state index contributed by atoms with van der Waals surface area (Å²) in [7, 11) is 1.70. The number of hydrogen-bond donors (Lipinski definition) is 0. The predicted molar refractivity (Wildman–Crippen MR) is 84.2 cm³/mol. The van der Waals surface area contributed by atoms with Crippen molar-refractivity contribution in [2.75, 3.05) is 33.4 Å². The number of methoxy groups -OCH3 is 1. The molecule has 0 saturated carbocycles. The maximum Gasteiger partial charge on any atom is 0.222 e. The number of aromatic nitrogens is 1. The van der Waals surface area contributed by atoms with Gasteiger partial charge in [0.2, 0.25) is 5.91 Å². The lowest BCUT2D eigenvalue weighted by Gasteiger charge is -2.47. The van der Waals surface area contributed by atoms with Gasteiger partial charge in [-0.3, -0.25) is 14.7 Å². The van der Waals surface area contributed by atoms with Crippen LogP contribution in [0, 0.1) is 5.92 Å². The Labute approximate surface area is 132 Å². The lowest BCUT2D eigenvalue weighted by molar-refractivity contribution is -0.142. The van der Waals surface area contributed by atoms with Gasteiger partial charge in [-0.1, -0.05) is 6.07 Å². The third-order valence-electron chi connectivity index (χ3n) is 4.88. The average Bonchev–Trinajstić information content (AvgIpc) is 2.55. The molecule has 2 aliphatic heterocycles. The lowest BCUT2D eigenvalue weighted by Crippen LogP contribution is -2.56. The van der Waals surface area contributed by atoms with Crippen LogP contribution >= 0.6 is 0 Å². The van der Waals surface area contributed by atoms with Gasteiger partial charge in [-0.05, 0) is 30.9 Å². The Morgan fingerprint density at radius 2 is 2.27 bits per heavy atom. The van der Waals surface area contributed by atoms with Crippen molar-refractivity contribution in [3.63, 3.8) is 0 Å². The number of amides is 1. The normalized spacial score (nSPS) is 26.0. The van der Waals surface area contributed by atoms with Gasteiger partial charge < -0.3 is 9.64 Å². The van der Waals surface area contributed by atoms with Gasteiger partial charge in [-0.15, -0.1) is 0 Å². The molecule has 0 aromatic carbocycles. The standard InChI is InChI=1S/C17H25N3O2/c1-22-11-10-20-16-7-9-19(12-14(16)5-6-17(20)21)13-15-4-2-3-8-18-15/h2-4,8,14,16H,5-7,9-13H2,1H3/t14-,16+/m1/s1. The molecule has 0 N–H and O–H groups in total. The van der Waals surface area contributed by atoms with Crippen LogP contribution in [0.25, 0.3) is 0 Å². The van der Waals surface area contributed by atoms with Crippen molar-refractivity contribution in [2.45, 2.75) is 31.8 Å². The quantitative estimate of drug-likeness (QED) is 0.828. The zero-order chi connectivity index (χ0) is 15.4. The molecule has 2 fully saturated rings. The van der Waals surface area contributed by atoms with Crippen LogP contribution in [0.1, 0.15) is 25.0 Å². The molecule has 1 amide bonds. The minimum Gasteiger partial charge on any atom is -0.383 e. The summed E-state index contributed by atoms with van der Waals surface area (Å²) < 4.78 is 5.16. The van der Waals surface area contributed by atoms with Crippen LogP contribution in [-0.2, 0) is 16.1 Å². The van der Waals surface area contributed by atoms with E-state index in [0.717, 1.165) is 44.7 Å². The molecule has 5 heteroatoms. The summed E-state index contributed by atoms with van der Waals surface area (Å²) >= 11 is 0. The zero-order valence-electron chi connectivity index (χ0n) is 13.3. The molecule has 3 rings (SSSR count). The van der Waals surface area contributed by atoms with Crippen molar-refractivity contribution in [3.05, 3.63) is 30.1 Å². The SMILES string of the molecule is COCCN1C(=O)CC[C@@H]2CN(Cc3ccccn3)CC[C@@H]21. The Bertz CT molecular complexity index is 494. The highest BCUT2D eigenvalue weighted by molar-refractivity contribution is 5.77. The summed E-state index contributed by atoms with van der Waals surface area (Å²) in [6.45, 7) is 4.38. The van der Waals surface area contributed by atoms with Gasteiger partial charge in [-0.25, -0.2) is 0 Å². The summed E-state index contributed by atoms with van der Waals surface area (Å²) in [5.74, 6) is 0.892. The van der Waals surface area contributed by atoms with Crippen LogP contribution < -0.4 is 0 Å². The van der Waals surface area contributed by atoms with E-state index >= 15 is 0 Å². The van der Waals surface area contributed by atoms with E-state index in [2.05, 4.69) is 20.9 Å². The first-order chi connectivity index (χ1) is 10.8. The highest BCUT2D eigenvalue weighted by Crippen LogP contribution is 2.31. The minimum absolute atomic E-state index is 0.302. The molecule has 3 heterocycles. The fourth-order valence-corrected chi connectivity index (χ4v) is 3.77. The van der Waals surface area contributed by atoms with E-state index < -0.39 is 0 Å². The molecule has 2 atom stereocenters. The van der Waals surface area contributed by atoms with Gasteiger partial charge >= 0.3 is 0 Å². The number of rotatable bonds is 5. The number of nitrogens with zero attached hydrogens (tertiary/aromatic N) is 3. The fourth-order valence-electron chi connectivity index (χ4n) is 3.77. The zero-order valence-corrected chi connectivity index (χ0v) is 13.3. The van der Waals surface area contributed by atoms with E-state index in [1.54, 1.807) is 7.11 Å². The Hall–Kier alpha value is -1.46. The van der Waals surface area contributed by atoms with Gasteiger partial charge in [0.25, 0.3) is 0 Å². The molecule has 0 spiro atoms. The topological polar surface area (TPSA) is 45.7 Å². The molecule has 1 aromatic rings. The molecular formula is C17H25N3O2. The van der Waals surface area contributed by atoms with Gasteiger partial charge in [0.15, 0.2) is 0 Å². The highest BCUT2D eigenvalue weighted by Gasteiger charge is 2.38. The van der Waals surface area contributed by atoms with E-state index in [9.17, 15) is 4.79 Å². The summed E-state index contributed by atoms with van der Waals surface area (Å²) in [5, 5.41) is 0. The summed E-state index contributed by atoms with van der Waals surface area (Å²) in [6.07, 6.45) is 4.62. The second-order valence-electron chi connectivity index (χ2n) is 6.29. The number of carbonyl (C=O) groups is 1. The van der Waals surface area contributed by atoms with Crippen molar-refractivity contribution in [2.24, 2.45) is 5.92 Å². The van der Waals surface area contributed by atoms with E-state index in [0.29, 0.717) is 30.9 Å². The molecular weight excluding hydrogens is 278 g/mol. The molecule has 1 aromatic heterocycles. The second kappa shape index (κ2) is 7.20. The Balaban J connectivity index is 1.60. The molecule has 0 aliphatic carbocycles. The Kier molecular flexibility index (Phi) is 5.05. The number of pyridine rings is 1. The first-order valence-electron chi connectivity index (χ1n) is 8.18. The minimum atomic E-state index is 0.302. The number of hydrogen-bond acceptors (Lipinski definition) is 4. The van der Waals surface area contributed by atoms with Crippen molar-refractivity contribution >= 4 is 5.91 Å². The highest BCUT2D eigenvalue weighted by atomic mass is 16.5. The van der Waals surface area contributed by atoms with E-state index in [4.69, 9.17) is 4.74 Å². The summed E-state index contributed by atoms with van der Waals surface area (Å²) in [6, 6.07) is 6.48. The molecule has 5 nitrogen and oxygen atoms in total. The van der Waals surface area contributed by atoms with Crippen molar-refractivity contribution in [1.82, 2.24) is 14.8 Å². The second-order valence-corrected chi connectivity index (χ2v) is 6.29. The molecule has 2 aliphatic rings. The van der Waals surface area contributed by atoms with Gasteiger partial charge in [0.05, 0.1) is 12.3 Å². The van der Waals surface area contributed by atoms with Crippen LogP contribution in [-0.4, -0.2) is 60.1 Å². The van der Waals surface area contributed by atoms with E-state index in [1.807, 2.05) is 18.3 Å². The van der Waals surface area contributed by atoms with Crippen LogP contribution in [0.15, 0.2) is 24.4 Å². The molecule has 0 bridgehead atoms. The number of ether oxygens (including phenoxy) is 1. The van der Waals surface area contributed by atoms with E-state index in [-0.39, 0.29) is 0 Å². The molecule has 0 unspecified atom stereocenters. The third-order valence-corrected chi connectivity index (χ3v) is 4.88. The third kappa shape index (κ3) is 3.47. The summed E-state index contributed by atoms with van der Waals surface area (Å²) in [4.78, 5) is 21.1.